The van der Waals surface area contributed by atoms with Crippen molar-refractivity contribution >= 4 is 16.7 Å². The molecule has 2 aromatic rings. The molecule has 0 spiro atoms. The fraction of sp³-hybridized carbons (Fsp3) is 0.533. The zero-order valence-electron chi connectivity index (χ0n) is 11.4. The Balaban J connectivity index is 1.92. The van der Waals surface area contributed by atoms with Crippen molar-refractivity contribution in [1.29, 1.82) is 0 Å². The van der Waals surface area contributed by atoms with Crippen LogP contribution in [0.4, 0.5) is 18.9 Å². The van der Waals surface area contributed by atoms with E-state index in [0.29, 0.717) is 28.6 Å². The fourth-order valence-corrected chi connectivity index (χ4v) is 4.18. The molecule has 3 unspecified atom stereocenters. The average Bonchev–Trinajstić information content (AvgIpc) is 3.09. The average molecular weight is 295 g/mol. The number of halogens is 3. The Morgan fingerprint density at radius 1 is 1.19 bits per heavy atom. The highest BCUT2D eigenvalue weighted by molar-refractivity contribution is 5.80. The quantitative estimate of drug-likeness (QED) is 0.808. The van der Waals surface area contributed by atoms with Gasteiger partial charge in [-0.25, -0.2) is 4.98 Å². The molecule has 1 heterocycles. The molecule has 2 saturated carbocycles. The van der Waals surface area contributed by atoms with E-state index >= 15 is 0 Å². The van der Waals surface area contributed by atoms with Crippen molar-refractivity contribution in [3.8, 4) is 0 Å². The third kappa shape index (κ3) is 1.92. The summed E-state index contributed by atoms with van der Waals surface area (Å²) in [6, 6.07) is 4.76. The van der Waals surface area contributed by atoms with Gasteiger partial charge in [0.05, 0.1) is 11.0 Å². The molecule has 3 nitrogen and oxygen atoms in total. The van der Waals surface area contributed by atoms with Crippen LogP contribution < -0.4 is 5.73 Å². The van der Waals surface area contributed by atoms with Crippen molar-refractivity contribution in [3.63, 3.8) is 0 Å². The van der Waals surface area contributed by atoms with Gasteiger partial charge < -0.3 is 10.3 Å². The number of aromatic nitrogens is 2. The summed E-state index contributed by atoms with van der Waals surface area (Å²) in [5.41, 5.74) is 7.00. The maximum Gasteiger partial charge on any atom is 0.449 e. The van der Waals surface area contributed by atoms with Gasteiger partial charge in [0.15, 0.2) is 0 Å². The SMILES string of the molecule is Nc1ccc2c(c1)nc(C(F)(F)F)n2C1CC2CCC1C2. The number of hydrogen-bond acceptors (Lipinski definition) is 2. The van der Waals surface area contributed by atoms with Crippen LogP contribution in [0.3, 0.4) is 0 Å². The lowest BCUT2D eigenvalue weighted by Crippen LogP contribution is -2.23. The lowest BCUT2D eigenvalue weighted by molar-refractivity contribution is -0.148. The number of fused-ring (bicyclic) bond motifs is 3. The zero-order valence-corrected chi connectivity index (χ0v) is 11.4. The van der Waals surface area contributed by atoms with Gasteiger partial charge >= 0.3 is 6.18 Å². The molecule has 1 aromatic carbocycles. The molecule has 1 aromatic heterocycles. The summed E-state index contributed by atoms with van der Waals surface area (Å²) in [7, 11) is 0. The number of hydrogen-bond donors (Lipinski definition) is 1. The number of rotatable bonds is 1. The van der Waals surface area contributed by atoms with Gasteiger partial charge in [0.1, 0.15) is 0 Å². The summed E-state index contributed by atoms with van der Waals surface area (Å²) >= 11 is 0. The molecule has 0 aliphatic heterocycles. The van der Waals surface area contributed by atoms with Crippen LogP contribution in [-0.4, -0.2) is 9.55 Å². The number of nitrogen functional groups attached to an aromatic ring is 1. The van der Waals surface area contributed by atoms with Crippen molar-refractivity contribution in [2.75, 3.05) is 5.73 Å². The van der Waals surface area contributed by atoms with Crippen molar-refractivity contribution in [2.45, 2.75) is 37.9 Å². The van der Waals surface area contributed by atoms with Crippen molar-refractivity contribution in [1.82, 2.24) is 9.55 Å². The molecule has 0 amide bonds. The van der Waals surface area contributed by atoms with Gasteiger partial charge in [-0.3, -0.25) is 0 Å². The number of nitrogens with two attached hydrogens (primary N) is 1. The van der Waals surface area contributed by atoms with Gasteiger partial charge in [0.2, 0.25) is 5.82 Å². The van der Waals surface area contributed by atoms with Gasteiger partial charge in [0.25, 0.3) is 0 Å². The van der Waals surface area contributed by atoms with E-state index in [1.54, 1.807) is 12.1 Å². The number of alkyl halides is 3. The maximum atomic E-state index is 13.4. The predicted molar refractivity (Wildman–Crippen MR) is 73.6 cm³/mol. The summed E-state index contributed by atoms with van der Waals surface area (Å²) in [5.74, 6) is 0.152. The highest BCUT2D eigenvalue weighted by Crippen LogP contribution is 2.52. The van der Waals surface area contributed by atoms with E-state index < -0.39 is 12.0 Å². The van der Waals surface area contributed by atoms with Gasteiger partial charge in [-0.15, -0.1) is 0 Å². The van der Waals surface area contributed by atoms with Crippen LogP contribution in [0.15, 0.2) is 18.2 Å². The number of anilines is 1. The van der Waals surface area contributed by atoms with E-state index in [4.69, 9.17) is 5.73 Å². The monoisotopic (exact) mass is 295 g/mol. The van der Waals surface area contributed by atoms with Crippen LogP contribution in [0.25, 0.3) is 11.0 Å². The molecular weight excluding hydrogens is 279 g/mol. The van der Waals surface area contributed by atoms with Crippen LogP contribution >= 0.6 is 0 Å². The Bertz CT molecular complexity index is 704. The smallest absolute Gasteiger partial charge is 0.399 e. The fourth-order valence-electron chi connectivity index (χ4n) is 4.18. The van der Waals surface area contributed by atoms with E-state index in [2.05, 4.69) is 4.98 Å². The molecule has 2 fully saturated rings. The predicted octanol–water partition coefficient (Wildman–Crippen LogP) is 4.00. The summed E-state index contributed by atoms with van der Waals surface area (Å²) in [5, 5.41) is 0. The summed E-state index contributed by atoms with van der Waals surface area (Å²) < 4.78 is 41.5. The highest BCUT2D eigenvalue weighted by Gasteiger charge is 2.46. The van der Waals surface area contributed by atoms with Crippen LogP contribution in [0.5, 0.6) is 0 Å². The highest BCUT2D eigenvalue weighted by atomic mass is 19.4. The first-order valence-corrected chi connectivity index (χ1v) is 7.28. The van der Waals surface area contributed by atoms with Gasteiger partial charge in [-0.2, -0.15) is 13.2 Å². The summed E-state index contributed by atoms with van der Waals surface area (Å²) in [4.78, 5) is 3.83. The zero-order chi connectivity index (χ0) is 14.8. The van der Waals surface area contributed by atoms with Crippen LogP contribution in [-0.2, 0) is 6.18 Å². The first-order chi connectivity index (χ1) is 9.93. The molecule has 6 heteroatoms. The molecule has 3 atom stereocenters. The minimum Gasteiger partial charge on any atom is -0.399 e. The van der Waals surface area contributed by atoms with Gasteiger partial charge in [0, 0.05) is 11.7 Å². The minimum atomic E-state index is -4.43. The van der Waals surface area contributed by atoms with E-state index in [1.807, 2.05) is 0 Å². The lowest BCUT2D eigenvalue weighted by atomic mass is 9.95. The van der Waals surface area contributed by atoms with Crippen LogP contribution in [0.1, 0.15) is 37.5 Å². The van der Waals surface area contributed by atoms with E-state index in [0.717, 1.165) is 25.7 Å². The molecule has 112 valence electrons. The normalized spacial score (nSPS) is 28.6. The standard InChI is InChI=1S/C15H16F3N3/c16-15(17,18)14-20-11-7-10(19)3-4-12(11)21(14)13-6-8-1-2-9(13)5-8/h3-4,7-9,13H,1-2,5-6,19H2. The Morgan fingerprint density at radius 3 is 2.62 bits per heavy atom. The maximum absolute atomic E-state index is 13.4. The topological polar surface area (TPSA) is 43.8 Å². The second kappa shape index (κ2) is 4.15. The van der Waals surface area contributed by atoms with Gasteiger partial charge in [-0.1, -0.05) is 6.42 Å². The van der Waals surface area contributed by atoms with Crippen LogP contribution in [0.2, 0.25) is 0 Å². The molecule has 2 bridgehead atoms. The Labute approximate surface area is 119 Å². The third-order valence-electron chi connectivity index (χ3n) is 5.00. The van der Waals surface area contributed by atoms with Crippen LogP contribution in [0, 0.1) is 11.8 Å². The molecule has 4 rings (SSSR count). The Kier molecular flexibility index (Phi) is 2.56. The van der Waals surface area contributed by atoms with Crippen molar-refractivity contribution < 1.29 is 13.2 Å². The molecular formula is C15H16F3N3. The van der Waals surface area contributed by atoms with Crippen molar-refractivity contribution in [2.24, 2.45) is 11.8 Å². The lowest BCUT2D eigenvalue weighted by Gasteiger charge is -2.26. The molecule has 0 radical (unpaired) electrons. The van der Waals surface area contributed by atoms with Gasteiger partial charge in [-0.05, 0) is 49.3 Å². The molecule has 21 heavy (non-hydrogen) atoms. The number of benzene rings is 1. The van der Waals surface area contributed by atoms with E-state index in [1.165, 1.54) is 10.6 Å². The summed E-state index contributed by atoms with van der Waals surface area (Å²) in [6.07, 6.45) is -0.362. The Hall–Kier alpha value is -1.72. The second-order valence-electron chi connectivity index (χ2n) is 6.29. The molecule has 2 N–H and O–H groups in total. The summed E-state index contributed by atoms with van der Waals surface area (Å²) in [6.45, 7) is 0. The Morgan fingerprint density at radius 2 is 2.00 bits per heavy atom. The van der Waals surface area contributed by atoms with E-state index in [-0.39, 0.29) is 6.04 Å². The second-order valence-corrected chi connectivity index (χ2v) is 6.29. The molecule has 2 aliphatic carbocycles. The molecule has 0 saturated heterocycles. The largest absolute Gasteiger partial charge is 0.449 e. The van der Waals surface area contributed by atoms with Crippen molar-refractivity contribution in [3.05, 3.63) is 24.0 Å². The number of nitrogens with zero attached hydrogens (tertiary/aromatic N) is 2. The third-order valence-corrected chi connectivity index (χ3v) is 5.00. The van der Waals surface area contributed by atoms with E-state index in [9.17, 15) is 13.2 Å². The first-order valence-electron chi connectivity index (χ1n) is 7.28. The number of imidazole rings is 1. The molecule has 2 aliphatic rings. The first kappa shape index (κ1) is 13.0. The minimum absolute atomic E-state index is 0.0750.